The van der Waals surface area contributed by atoms with Crippen molar-refractivity contribution < 1.29 is 5.11 Å². The fourth-order valence-corrected chi connectivity index (χ4v) is 2.41. The topological polar surface area (TPSA) is 23.5 Å². The van der Waals surface area contributed by atoms with Crippen molar-refractivity contribution in [2.24, 2.45) is 0 Å². The first kappa shape index (κ1) is 15.8. The van der Waals surface area contributed by atoms with Gasteiger partial charge in [-0.2, -0.15) is 0 Å². The Morgan fingerprint density at radius 1 is 1.28 bits per heavy atom. The van der Waals surface area contributed by atoms with E-state index in [-0.39, 0.29) is 0 Å². The third-order valence-electron chi connectivity index (χ3n) is 3.03. The number of aliphatic hydroxyl groups is 1. The van der Waals surface area contributed by atoms with Gasteiger partial charge in [-0.15, -0.1) is 0 Å². The van der Waals surface area contributed by atoms with Crippen LogP contribution in [0.15, 0.2) is 18.2 Å². The Morgan fingerprint density at radius 3 is 2.56 bits per heavy atom. The highest BCUT2D eigenvalue weighted by Gasteiger charge is 2.15. The first-order valence-corrected chi connectivity index (χ1v) is 7.19. The maximum atomic E-state index is 10.2. The molecule has 1 unspecified atom stereocenters. The summed E-state index contributed by atoms with van der Waals surface area (Å²) in [5, 5.41) is 11.3. The summed E-state index contributed by atoms with van der Waals surface area (Å²) in [5.74, 6) is 0. The predicted octanol–water partition coefficient (Wildman–Crippen LogP) is 4.15. The minimum atomic E-state index is -0.563. The molecule has 0 radical (unpaired) electrons. The number of nitrogens with zero attached hydrogens (tertiary/aromatic N) is 1. The molecule has 0 aliphatic carbocycles. The van der Waals surface area contributed by atoms with Crippen molar-refractivity contribution in [2.45, 2.75) is 32.8 Å². The van der Waals surface area contributed by atoms with Gasteiger partial charge in [-0.25, -0.2) is 0 Å². The van der Waals surface area contributed by atoms with Crippen molar-refractivity contribution in [1.29, 1.82) is 0 Å². The van der Waals surface area contributed by atoms with Gasteiger partial charge in [0.25, 0.3) is 0 Å². The van der Waals surface area contributed by atoms with Crippen molar-refractivity contribution in [1.82, 2.24) is 4.90 Å². The average Bonchev–Trinajstić information content (AvgIpc) is 2.34. The van der Waals surface area contributed by atoms with E-state index < -0.39 is 6.10 Å². The molecule has 1 rings (SSSR count). The molecule has 1 N–H and O–H groups in total. The summed E-state index contributed by atoms with van der Waals surface area (Å²) in [6, 6.07) is 5.22. The van der Waals surface area contributed by atoms with Gasteiger partial charge in [0.05, 0.1) is 6.10 Å². The fraction of sp³-hybridized carbons (Fsp3) is 0.571. The lowest BCUT2D eigenvalue weighted by Crippen LogP contribution is -2.29. The second kappa shape index (κ2) is 8.00. The molecule has 0 heterocycles. The van der Waals surface area contributed by atoms with E-state index in [2.05, 4.69) is 18.7 Å². The summed E-state index contributed by atoms with van der Waals surface area (Å²) < 4.78 is 0. The highest BCUT2D eigenvalue weighted by molar-refractivity contribution is 6.35. The van der Waals surface area contributed by atoms with Gasteiger partial charge in [-0.1, -0.05) is 49.5 Å². The average molecular weight is 290 g/mol. The van der Waals surface area contributed by atoms with Crippen LogP contribution in [0.25, 0.3) is 0 Å². The lowest BCUT2D eigenvalue weighted by Gasteiger charge is -2.24. The third kappa shape index (κ3) is 4.77. The van der Waals surface area contributed by atoms with Gasteiger partial charge in [0.15, 0.2) is 0 Å². The van der Waals surface area contributed by atoms with E-state index in [0.717, 1.165) is 31.5 Å². The standard InChI is InChI=1S/C14H21Cl2NO/c1-3-5-8-17(4-2)10-14(18)12-7-6-11(15)9-13(12)16/h6-7,9,14,18H,3-5,8,10H2,1-2H3. The largest absolute Gasteiger partial charge is 0.387 e. The molecule has 0 amide bonds. The Morgan fingerprint density at radius 2 is 2.00 bits per heavy atom. The maximum Gasteiger partial charge on any atom is 0.0931 e. The molecule has 0 saturated carbocycles. The second-order valence-corrected chi connectivity index (χ2v) is 5.27. The number of benzene rings is 1. The van der Waals surface area contributed by atoms with E-state index in [1.165, 1.54) is 0 Å². The molecule has 1 atom stereocenters. The van der Waals surface area contributed by atoms with Crippen LogP contribution in [-0.2, 0) is 0 Å². The molecule has 1 aromatic carbocycles. The van der Waals surface area contributed by atoms with Gasteiger partial charge in [0, 0.05) is 22.2 Å². The molecular weight excluding hydrogens is 269 g/mol. The van der Waals surface area contributed by atoms with Crippen molar-refractivity contribution >= 4 is 23.2 Å². The van der Waals surface area contributed by atoms with E-state index in [1.807, 2.05) is 0 Å². The minimum Gasteiger partial charge on any atom is -0.387 e. The molecule has 1 aromatic rings. The highest BCUT2D eigenvalue weighted by atomic mass is 35.5. The number of rotatable bonds is 7. The molecule has 0 spiro atoms. The van der Waals surface area contributed by atoms with Crippen LogP contribution >= 0.6 is 23.2 Å². The van der Waals surface area contributed by atoms with Crippen LogP contribution in [0.2, 0.25) is 10.0 Å². The summed E-state index contributed by atoms with van der Waals surface area (Å²) in [6.45, 7) is 6.82. The summed E-state index contributed by atoms with van der Waals surface area (Å²) >= 11 is 11.9. The number of likely N-dealkylation sites (N-methyl/N-ethyl adjacent to an activating group) is 1. The van der Waals surface area contributed by atoms with E-state index in [4.69, 9.17) is 23.2 Å². The van der Waals surface area contributed by atoms with Crippen molar-refractivity contribution in [2.75, 3.05) is 19.6 Å². The monoisotopic (exact) mass is 289 g/mol. The van der Waals surface area contributed by atoms with Gasteiger partial charge >= 0.3 is 0 Å². The van der Waals surface area contributed by atoms with E-state index >= 15 is 0 Å². The highest BCUT2D eigenvalue weighted by Crippen LogP contribution is 2.26. The molecule has 0 saturated heterocycles. The molecule has 0 bridgehead atoms. The predicted molar refractivity (Wildman–Crippen MR) is 78.4 cm³/mol. The second-order valence-electron chi connectivity index (χ2n) is 4.43. The Labute approximate surface area is 120 Å². The van der Waals surface area contributed by atoms with Crippen LogP contribution in [0.5, 0.6) is 0 Å². The Hall–Kier alpha value is -0.280. The van der Waals surface area contributed by atoms with Crippen LogP contribution < -0.4 is 0 Å². The summed E-state index contributed by atoms with van der Waals surface area (Å²) in [7, 11) is 0. The van der Waals surface area contributed by atoms with Gasteiger partial charge in [0.1, 0.15) is 0 Å². The molecule has 0 aliphatic rings. The van der Waals surface area contributed by atoms with Gasteiger partial charge in [0.2, 0.25) is 0 Å². The molecule has 18 heavy (non-hydrogen) atoms. The fourth-order valence-electron chi connectivity index (χ4n) is 1.87. The third-order valence-corrected chi connectivity index (χ3v) is 3.59. The Balaban J connectivity index is 2.65. The van der Waals surface area contributed by atoms with Gasteiger partial charge in [-0.3, -0.25) is 0 Å². The number of halogens is 2. The van der Waals surface area contributed by atoms with E-state index in [1.54, 1.807) is 18.2 Å². The zero-order valence-electron chi connectivity index (χ0n) is 11.0. The molecule has 4 heteroatoms. The molecule has 0 fully saturated rings. The van der Waals surface area contributed by atoms with Gasteiger partial charge in [-0.05, 0) is 31.6 Å². The summed E-state index contributed by atoms with van der Waals surface area (Å²) in [4.78, 5) is 2.24. The first-order chi connectivity index (χ1) is 8.58. The normalized spacial score (nSPS) is 13.0. The zero-order chi connectivity index (χ0) is 13.5. The van der Waals surface area contributed by atoms with Crippen LogP contribution in [0, 0.1) is 0 Å². The van der Waals surface area contributed by atoms with Crippen molar-refractivity contribution in [3.8, 4) is 0 Å². The first-order valence-electron chi connectivity index (χ1n) is 6.43. The van der Waals surface area contributed by atoms with Gasteiger partial charge < -0.3 is 10.0 Å². The number of aliphatic hydroxyl groups excluding tert-OH is 1. The van der Waals surface area contributed by atoms with Crippen molar-refractivity contribution in [3.63, 3.8) is 0 Å². The van der Waals surface area contributed by atoms with Crippen LogP contribution in [0.1, 0.15) is 38.4 Å². The zero-order valence-corrected chi connectivity index (χ0v) is 12.5. The van der Waals surface area contributed by atoms with E-state index in [0.29, 0.717) is 16.6 Å². The minimum absolute atomic E-state index is 0.529. The quantitative estimate of drug-likeness (QED) is 0.815. The van der Waals surface area contributed by atoms with Crippen molar-refractivity contribution in [3.05, 3.63) is 33.8 Å². The molecular formula is C14H21Cl2NO. The SMILES string of the molecule is CCCCN(CC)CC(O)c1ccc(Cl)cc1Cl. The lowest BCUT2D eigenvalue weighted by molar-refractivity contribution is 0.115. The molecule has 0 aromatic heterocycles. The molecule has 0 aliphatic heterocycles. The Bertz CT molecular complexity index is 371. The molecule has 102 valence electrons. The maximum absolute atomic E-state index is 10.2. The van der Waals surface area contributed by atoms with E-state index in [9.17, 15) is 5.11 Å². The number of hydrogen-bond acceptors (Lipinski definition) is 2. The van der Waals surface area contributed by atoms with Crippen LogP contribution in [0.4, 0.5) is 0 Å². The van der Waals surface area contributed by atoms with Crippen LogP contribution in [-0.4, -0.2) is 29.6 Å². The molecule has 2 nitrogen and oxygen atoms in total. The number of hydrogen-bond donors (Lipinski definition) is 1. The lowest BCUT2D eigenvalue weighted by atomic mass is 10.1. The number of unbranched alkanes of at least 4 members (excludes halogenated alkanes) is 1. The van der Waals surface area contributed by atoms with Crippen LogP contribution in [0.3, 0.4) is 0 Å². The smallest absolute Gasteiger partial charge is 0.0931 e. The summed E-state index contributed by atoms with van der Waals surface area (Å²) in [6.07, 6.45) is 1.75. The Kier molecular flexibility index (Phi) is 7.02. The summed E-state index contributed by atoms with van der Waals surface area (Å²) in [5.41, 5.74) is 0.746.